The summed E-state index contributed by atoms with van der Waals surface area (Å²) in [6, 6.07) is 10.9. The van der Waals surface area contributed by atoms with Crippen LogP contribution in [0.2, 0.25) is 0 Å². The quantitative estimate of drug-likeness (QED) is 0.399. The summed E-state index contributed by atoms with van der Waals surface area (Å²) in [6.45, 7) is 1.78. The molecule has 7 heteroatoms. The van der Waals surface area contributed by atoms with Crippen molar-refractivity contribution in [1.29, 1.82) is 0 Å². The molecule has 3 rings (SSSR count). The van der Waals surface area contributed by atoms with Crippen molar-refractivity contribution in [1.82, 2.24) is 4.98 Å². The summed E-state index contributed by atoms with van der Waals surface area (Å²) < 4.78 is 10.9. The second-order valence-electron chi connectivity index (χ2n) is 5.25. The Morgan fingerprint density at radius 1 is 1.32 bits per heavy atom. The van der Waals surface area contributed by atoms with Crippen LogP contribution in [0, 0.1) is 12.1 Å². The van der Waals surface area contributed by atoms with Crippen LogP contribution in [-0.2, 0) is 11.3 Å². The molecule has 128 valence electrons. The third-order valence-electron chi connectivity index (χ3n) is 3.64. The summed E-state index contributed by atoms with van der Waals surface area (Å²) in [5, 5.41) is 11.5. The predicted octanol–water partition coefficient (Wildman–Crippen LogP) is 3.12. The lowest BCUT2D eigenvalue weighted by Crippen LogP contribution is -2.33. The zero-order valence-electron chi connectivity index (χ0n) is 13.8. The molecule has 0 radical (unpaired) electrons. The molecule has 0 spiro atoms. The van der Waals surface area contributed by atoms with E-state index >= 15 is 0 Å². The summed E-state index contributed by atoms with van der Waals surface area (Å²) in [4.78, 5) is 17.6. The first-order valence-electron chi connectivity index (χ1n) is 7.53. The molecule has 0 unspecified atom stereocenters. The lowest BCUT2D eigenvalue weighted by molar-refractivity contribution is -0.620. The van der Waals surface area contributed by atoms with Gasteiger partial charge >= 0.3 is 11.8 Å². The lowest BCUT2D eigenvalue weighted by atomic mass is 10.1. The fourth-order valence-electron chi connectivity index (χ4n) is 2.33. The SMILES string of the molecule is COc1ccc(-c2cc(C(=O)OCc3nccc[n+]3[O-])sc2C)cc1. The number of esters is 1. The molecule has 0 bridgehead atoms. The third kappa shape index (κ3) is 3.77. The van der Waals surface area contributed by atoms with Gasteiger partial charge in [-0.2, -0.15) is 0 Å². The Bertz CT molecular complexity index is 890. The molecule has 0 N–H and O–H groups in total. The Morgan fingerprint density at radius 2 is 2.08 bits per heavy atom. The number of hydrogen-bond donors (Lipinski definition) is 0. The van der Waals surface area contributed by atoms with Gasteiger partial charge in [0.2, 0.25) is 0 Å². The third-order valence-corrected chi connectivity index (χ3v) is 4.67. The minimum atomic E-state index is -0.474. The summed E-state index contributed by atoms with van der Waals surface area (Å²) in [6.07, 6.45) is 2.79. The van der Waals surface area contributed by atoms with Crippen LogP contribution in [-0.4, -0.2) is 18.1 Å². The molecule has 0 fully saturated rings. The maximum Gasteiger partial charge on any atom is 0.348 e. The van der Waals surface area contributed by atoms with Crippen molar-refractivity contribution in [2.24, 2.45) is 0 Å². The first-order chi connectivity index (χ1) is 12.1. The van der Waals surface area contributed by atoms with Gasteiger partial charge in [0, 0.05) is 10.9 Å². The van der Waals surface area contributed by atoms with Crippen molar-refractivity contribution in [2.45, 2.75) is 13.5 Å². The molecule has 2 heterocycles. The number of rotatable bonds is 5. The number of aromatic nitrogens is 2. The average Bonchev–Trinajstić information content (AvgIpc) is 3.03. The summed E-state index contributed by atoms with van der Waals surface area (Å²) in [5.41, 5.74) is 1.96. The Balaban J connectivity index is 1.74. The van der Waals surface area contributed by atoms with Crippen LogP contribution in [0.4, 0.5) is 0 Å². The maximum atomic E-state index is 12.3. The highest BCUT2D eigenvalue weighted by molar-refractivity contribution is 7.14. The number of carbonyl (C=O) groups excluding carboxylic acids is 1. The minimum Gasteiger partial charge on any atom is -0.711 e. The highest BCUT2D eigenvalue weighted by atomic mass is 32.1. The summed E-state index contributed by atoms with van der Waals surface area (Å²) >= 11 is 1.36. The van der Waals surface area contributed by atoms with Gasteiger partial charge in [0.1, 0.15) is 16.8 Å². The summed E-state index contributed by atoms with van der Waals surface area (Å²) in [5.74, 6) is 0.440. The number of aryl methyl sites for hydroxylation is 1. The molecule has 0 atom stereocenters. The summed E-state index contributed by atoms with van der Waals surface area (Å²) in [7, 11) is 1.62. The molecule has 25 heavy (non-hydrogen) atoms. The molecule has 3 aromatic rings. The smallest absolute Gasteiger partial charge is 0.348 e. The Labute approximate surface area is 148 Å². The zero-order valence-corrected chi connectivity index (χ0v) is 14.6. The molecule has 0 saturated carbocycles. The van der Waals surface area contributed by atoms with Gasteiger partial charge in [0.15, 0.2) is 6.61 Å². The monoisotopic (exact) mass is 356 g/mol. The number of hydrogen-bond acceptors (Lipinski definition) is 6. The predicted molar refractivity (Wildman–Crippen MR) is 93.4 cm³/mol. The first kappa shape index (κ1) is 16.9. The van der Waals surface area contributed by atoms with Crippen LogP contribution >= 0.6 is 11.3 Å². The molecule has 0 aliphatic heterocycles. The van der Waals surface area contributed by atoms with Gasteiger partial charge in [-0.25, -0.2) is 9.52 Å². The highest BCUT2D eigenvalue weighted by Crippen LogP contribution is 2.32. The standard InChI is InChI=1S/C18H16N2O4S/c1-12-15(13-4-6-14(23-2)7-5-13)10-16(25-12)18(21)24-11-17-19-8-3-9-20(17)22/h3-10H,11H2,1-2H3. The van der Waals surface area contributed by atoms with Crippen molar-refractivity contribution < 1.29 is 19.0 Å². The number of benzene rings is 1. The van der Waals surface area contributed by atoms with E-state index in [2.05, 4.69) is 4.98 Å². The van der Waals surface area contributed by atoms with Gasteiger partial charge in [0.05, 0.1) is 13.3 Å². The molecule has 0 amide bonds. The molecule has 0 saturated heterocycles. The van der Waals surface area contributed by atoms with Crippen LogP contribution in [0.3, 0.4) is 0 Å². The minimum absolute atomic E-state index is 0.138. The lowest BCUT2D eigenvalue weighted by Gasteiger charge is -2.05. The van der Waals surface area contributed by atoms with E-state index in [1.54, 1.807) is 13.2 Å². The van der Waals surface area contributed by atoms with E-state index < -0.39 is 5.97 Å². The van der Waals surface area contributed by atoms with Crippen molar-refractivity contribution in [2.75, 3.05) is 7.11 Å². The van der Waals surface area contributed by atoms with E-state index in [0.717, 1.165) is 21.8 Å². The number of carbonyl (C=O) groups is 1. The molecular weight excluding hydrogens is 340 g/mol. The molecule has 6 nitrogen and oxygen atoms in total. The van der Waals surface area contributed by atoms with E-state index in [1.807, 2.05) is 31.2 Å². The van der Waals surface area contributed by atoms with Gasteiger partial charge in [0.25, 0.3) is 0 Å². The number of ether oxygens (including phenoxy) is 2. The van der Waals surface area contributed by atoms with Gasteiger partial charge in [-0.3, -0.25) is 0 Å². The van der Waals surface area contributed by atoms with E-state index in [4.69, 9.17) is 9.47 Å². The fraction of sp³-hybridized carbons (Fsp3) is 0.167. The van der Waals surface area contributed by atoms with Gasteiger partial charge in [-0.1, -0.05) is 12.1 Å². The van der Waals surface area contributed by atoms with Crippen LogP contribution in [0.15, 0.2) is 48.8 Å². The van der Waals surface area contributed by atoms with E-state index in [1.165, 1.54) is 29.8 Å². The average molecular weight is 356 g/mol. The van der Waals surface area contributed by atoms with Crippen molar-refractivity contribution in [3.05, 3.63) is 69.6 Å². The second-order valence-corrected chi connectivity index (χ2v) is 6.50. The van der Waals surface area contributed by atoms with Gasteiger partial charge in [-0.15, -0.1) is 11.3 Å². The molecule has 0 aliphatic rings. The molecule has 2 aromatic heterocycles. The number of thiophene rings is 1. The zero-order chi connectivity index (χ0) is 17.8. The van der Waals surface area contributed by atoms with Crippen molar-refractivity contribution in [3.8, 4) is 16.9 Å². The van der Waals surface area contributed by atoms with Crippen LogP contribution in [0.25, 0.3) is 11.1 Å². The molecular formula is C18H16N2O4S. The molecule has 0 aliphatic carbocycles. The van der Waals surface area contributed by atoms with Crippen molar-refractivity contribution in [3.63, 3.8) is 0 Å². The number of methoxy groups -OCH3 is 1. The van der Waals surface area contributed by atoms with Crippen LogP contribution in [0.1, 0.15) is 20.4 Å². The van der Waals surface area contributed by atoms with Gasteiger partial charge in [-0.05, 0) is 41.2 Å². The highest BCUT2D eigenvalue weighted by Gasteiger charge is 2.17. The largest absolute Gasteiger partial charge is 0.711 e. The van der Waals surface area contributed by atoms with Crippen LogP contribution < -0.4 is 9.47 Å². The second kappa shape index (κ2) is 7.31. The molecule has 1 aromatic carbocycles. The number of nitrogens with zero attached hydrogens (tertiary/aromatic N) is 2. The first-order valence-corrected chi connectivity index (χ1v) is 8.35. The van der Waals surface area contributed by atoms with Crippen molar-refractivity contribution >= 4 is 17.3 Å². The van der Waals surface area contributed by atoms with E-state index in [-0.39, 0.29) is 12.4 Å². The Hall–Kier alpha value is -2.93. The van der Waals surface area contributed by atoms with Crippen LogP contribution in [0.5, 0.6) is 5.75 Å². The Morgan fingerprint density at radius 3 is 2.76 bits per heavy atom. The normalized spacial score (nSPS) is 10.5. The topological polar surface area (TPSA) is 75.4 Å². The fourth-order valence-corrected chi connectivity index (χ4v) is 3.27. The van der Waals surface area contributed by atoms with Gasteiger partial charge < -0.3 is 14.7 Å². The van der Waals surface area contributed by atoms with E-state index in [0.29, 0.717) is 9.61 Å². The maximum absolute atomic E-state index is 12.3. The van der Waals surface area contributed by atoms with E-state index in [9.17, 15) is 10.0 Å². The Kier molecular flexibility index (Phi) is 4.95.